The van der Waals surface area contributed by atoms with Crippen LogP contribution in [0, 0.1) is 0 Å². The fourth-order valence-corrected chi connectivity index (χ4v) is 1.65. The van der Waals surface area contributed by atoms with Crippen LogP contribution in [0.15, 0.2) is 33.6 Å². The topological polar surface area (TPSA) is 0 Å². The average molecular weight is 218 g/mol. The van der Waals surface area contributed by atoms with Gasteiger partial charge in [-0.15, -0.1) is 0 Å². The van der Waals surface area contributed by atoms with E-state index < -0.39 is 0 Å². The van der Waals surface area contributed by atoms with Crippen LogP contribution in [-0.4, -0.2) is 12.5 Å². The molecule has 54 valence electrons. The van der Waals surface area contributed by atoms with Gasteiger partial charge in [0, 0.05) is 15.4 Å². The third kappa shape index (κ3) is 2.03. The third-order valence-electron chi connectivity index (χ3n) is 1.29. The first-order chi connectivity index (χ1) is 4.70. The van der Waals surface area contributed by atoms with Gasteiger partial charge in [0.25, 0.3) is 0 Å². The fraction of sp³-hybridized carbons (Fsp3) is 0.250. The number of rotatable bonds is 1. The van der Waals surface area contributed by atoms with Crippen molar-refractivity contribution < 1.29 is 0 Å². The Kier molecular flexibility index (Phi) is 2.81. The summed E-state index contributed by atoms with van der Waals surface area (Å²) in [6, 6.07) is 8.49. The van der Waals surface area contributed by atoms with Gasteiger partial charge in [0.1, 0.15) is 12.5 Å². The Bertz CT molecular complexity index is 203. The van der Waals surface area contributed by atoms with E-state index in [1.54, 1.807) is 0 Å². The maximum absolute atomic E-state index is 3.40. The van der Waals surface area contributed by atoms with Crippen molar-refractivity contribution in [3.8, 4) is 0 Å². The van der Waals surface area contributed by atoms with Gasteiger partial charge in [-0.05, 0) is 24.3 Å². The molecule has 0 unspecified atom stereocenters. The van der Waals surface area contributed by atoms with E-state index in [-0.39, 0.29) is 0 Å². The van der Waals surface area contributed by atoms with Crippen LogP contribution in [0.3, 0.4) is 0 Å². The lowest BCUT2D eigenvalue weighted by molar-refractivity contribution is 1.43. The molecule has 0 heterocycles. The first-order valence-electron chi connectivity index (χ1n) is 3.03. The van der Waals surface area contributed by atoms with E-state index in [2.05, 4.69) is 52.7 Å². The summed E-state index contributed by atoms with van der Waals surface area (Å²) in [6.45, 7) is 0. The maximum Gasteiger partial charge on any atom is 0.154 e. The van der Waals surface area contributed by atoms with Crippen molar-refractivity contribution in [3.63, 3.8) is 0 Å². The molecule has 0 N–H and O–H groups in total. The van der Waals surface area contributed by atoms with Gasteiger partial charge < -0.3 is 0 Å². The number of halogens is 1. The molecule has 0 amide bonds. The summed E-state index contributed by atoms with van der Waals surface area (Å²) in [7, 11) is 0.392. The van der Waals surface area contributed by atoms with E-state index in [0.717, 1.165) is 4.47 Å². The molecule has 1 aromatic rings. The summed E-state index contributed by atoms with van der Waals surface area (Å²) < 4.78 is 1.15. The smallest absolute Gasteiger partial charge is 0.0508 e. The second-order valence-electron chi connectivity index (χ2n) is 2.27. The van der Waals surface area contributed by atoms with E-state index in [9.17, 15) is 0 Å². The lowest BCUT2D eigenvalue weighted by Crippen LogP contribution is -1.93. The van der Waals surface area contributed by atoms with Crippen LogP contribution < -0.4 is 0 Å². The van der Waals surface area contributed by atoms with E-state index in [0.29, 0.717) is 10.9 Å². The molecule has 0 aliphatic rings. The number of hydrogen-bond donors (Lipinski definition) is 0. The van der Waals surface area contributed by atoms with Crippen LogP contribution in [0.5, 0.6) is 0 Å². The van der Waals surface area contributed by atoms with Gasteiger partial charge in [-0.3, -0.25) is 0 Å². The number of hydrogen-bond acceptors (Lipinski definition) is 0. The summed E-state index contributed by atoms with van der Waals surface area (Å²) in [4.78, 5) is 1.42. The normalized spacial score (nSPS) is 10.4. The molecule has 0 saturated heterocycles. The van der Waals surface area contributed by atoms with Crippen molar-refractivity contribution in [1.82, 2.24) is 0 Å². The van der Waals surface area contributed by atoms with E-state index in [1.165, 1.54) is 4.90 Å². The second-order valence-corrected chi connectivity index (χ2v) is 5.29. The largest absolute Gasteiger partial charge is 0.154 e. The zero-order valence-corrected chi connectivity index (χ0v) is 8.50. The molecule has 0 saturated carbocycles. The van der Waals surface area contributed by atoms with Crippen LogP contribution in [-0.2, 0) is 10.9 Å². The molecule has 0 atom stereocenters. The van der Waals surface area contributed by atoms with Crippen LogP contribution >= 0.6 is 15.9 Å². The summed E-state index contributed by atoms with van der Waals surface area (Å²) in [5, 5.41) is 0. The maximum atomic E-state index is 3.40. The summed E-state index contributed by atoms with van der Waals surface area (Å²) in [5.74, 6) is 0. The minimum Gasteiger partial charge on any atom is -0.0508 e. The lowest BCUT2D eigenvalue weighted by atomic mass is 10.4. The average Bonchev–Trinajstić information content (AvgIpc) is 1.88. The van der Waals surface area contributed by atoms with Gasteiger partial charge in [-0.1, -0.05) is 15.9 Å². The molecule has 10 heavy (non-hydrogen) atoms. The van der Waals surface area contributed by atoms with Gasteiger partial charge in [0.2, 0.25) is 0 Å². The van der Waals surface area contributed by atoms with Crippen molar-refractivity contribution in [1.29, 1.82) is 0 Å². The summed E-state index contributed by atoms with van der Waals surface area (Å²) >= 11 is 3.40. The predicted molar refractivity (Wildman–Crippen MR) is 51.6 cm³/mol. The van der Waals surface area contributed by atoms with Gasteiger partial charge in [-0.25, -0.2) is 0 Å². The predicted octanol–water partition coefficient (Wildman–Crippen LogP) is 2.69. The molecule has 1 aromatic carbocycles. The molecule has 0 bridgehead atoms. The van der Waals surface area contributed by atoms with Gasteiger partial charge in [0.05, 0.1) is 0 Å². The molecule has 1 rings (SSSR count). The fourth-order valence-electron chi connectivity index (χ4n) is 0.707. The Morgan fingerprint density at radius 1 is 1.10 bits per heavy atom. The Morgan fingerprint density at radius 2 is 1.60 bits per heavy atom. The minimum absolute atomic E-state index is 0.392. The molecule has 0 spiro atoms. The molecular formula is C8H10BrS+. The quantitative estimate of drug-likeness (QED) is 0.636. The van der Waals surface area contributed by atoms with Crippen LogP contribution in [0.2, 0.25) is 0 Å². The Balaban J connectivity index is 2.89. The molecule has 0 aromatic heterocycles. The first-order valence-corrected chi connectivity index (χ1v) is 5.87. The highest BCUT2D eigenvalue weighted by molar-refractivity contribution is 9.10. The Labute approximate surface area is 73.1 Å². The highest BCUT2D eigenvalue weighted by Crippen LogP contribution is 2.14. The van der Waals surface area contributed by atoms with Crippen molar-refractivity contribution in [2.75, 3.05) is 12.5 Å². The van der Waals surface area contributed by atoms with Crippen molar-refractivity contribution in [3.05, 3.63) is 28.7 Å². The van der Waals surface area contributed by atoms with Crippen LogP contribution in [0.25, 0.3) is 0 Å². The standard InChI is InChI=1S/C8H10BrS/c1-10(2)8-5-3-7(9)4-6-8/h3-6H,1-2H3/q+1. The molecule has 0 nitrogen and oxygen atoms in total. The minimum atomic E-state index is 0.392. The highest BCUT2D eigenvalue weighted by Gasteiger charge is 2.05. The molecule has 0 fully saturated rings. The van der Waals surface area contributed by atoms with Crippen LogP contribution in [0.4, 0.5) is 0 Å². The second kappa shape index (κ2) is 3.44. The molecule has 0 radical (unpaired) electrons. The van der Waals surface area contributed by atoms with Crippen molar-refractivity contribution in [2.24, 2.45) is 0 Å². The molecular weight excluding hydrogens is 208 g/mol. The lowest BCUT2D eigenvalue weighted by Gasteiger charge is -1.94. The SMILES string of the molecule is C[S+](C)c1ccc(Br)cc1. The third-order valence-corrected chi connectivity index (χ3v) is 3.03. The van der Waals surface area contributed by atoms with Crippen LogP contribution in [0.1, 0.15) is 0 Å². The summed E-state index contributed by atoms with van der Waals surface area (Å²) in [6.07, 6.45) is 4.45. The van der Waals surface area contributed by atoms with Crippen molar-refractivity contribution in [2.45, 2.75) is 4.90 Å². The van der Waals surface area contributed by atoms with E-state index >= 15 is 0 Å². The van der Waals surface area contributed by atoms with Gasteiger partial charge >= 0.3 is 0 Å². The zero-order valence-electron chi connectivity index (χ0n) is 6.10. The number of benzene rings is 1. The molecule has 2 heteroatoms. The van der Waals surface area contributed by atoms with Crippen molar-refractivity contribution >= 4 is 26.8 Å². The van der Waals surface area contributed by atoms with E-state index in [1.807, 2.05) is 0 Å². The Hall–Kier alpha value is 0.0500. The van der Waals surface area contributed by atoms with Gasteiger partial charge in [-0.2, -0.15) is 0 Å². The highest BCUT2D eigenvalue weighted by atomic mass is 79.9. The van der Waals surface area contributed by atoms with Gasteiger partial charge in [0.15, 0.2) is 4.90 Å². The Morgan fingerprint density at radius 3 is 2.00 bits per heavy atom. The zero-order chi connectivity index (χ0) is 7.56. The molecule has 0 aliphatic heterocycles. The van der Waals surface area contributed by atoms with E-state index in [4.69, 9.17) is 0 Å². The first kappa shape index (κ1) is 8.15. The molecule has 0 aliphatic carbocycles. The summed E-state index contributed by atoms with van der Waals surface area (Å²) in [5.41, 5.74) is 0. The monoisotopic (exact) mass is 217 g/mol.